The molecule has 0 atom stereocenters. The third kappa shape index (κ3) is 5.29. The van der Waals surface area contributed by atoms with Crippen LogP contribution >= 0.6 is 27.3 Å². The van der Waals surface area contributed by atoms with E-state index >= 15 is 0 Å². The zero-order valence-electron chi connectivity index (χ0n) is 16.3. The number of hydrogen-bond donors (Lipinski definition) is 1. The minimum absolute atomic E-state index is 0.0373. The van der Waals surface area contributed by atoms with Crippen LogP contribution in [0.4, 0.5) is 5.82 Å². The summed E-state index contributed by atoms with van der Waals surface area (Å²) >= 11 is 5.05. The highest BCUT2D eigenvalue weighted by molar-refractivity contribution is 9.10. The summed E-state index contributed by atoms with van der Waals surface area (Å²) in [4.78, 5) is 23.9. The van der Waals surface area contributed by atoms with Crippen molar-refractivity contribution < 1.29 is 4.79 Å². The lowest BCUT2D eigenvalue weighted by Crippen LogP contribution is -2.37. The van der Waals surface area contributed by atoms with Crippen LogP contribution in [0.1, 0.15) is 24.1 Å². The first-order valence-corrected chi connectivity index (χ1v) is 11.4. The number of halogens is 1. The molecule has 0 saturated carbocycles. The number of pyridine rings is 1. The number of nitrogens with one attached hydrogen (secondary N) is 1. The second-order valence-corrected chi connectivity index (χ2v) is 9.19. The fourth-order valence-corrected chi connectivity index (χ4v) is 4.52. The number of aromatic nitrogens is 2. The van der Waals surface area contributed by atoms with Gasteiger partial charge in [-0.1, -0.05) is 29.8 Å². The van der Waals surface area contributed by atoms with E-state index < -0.39 is 0 Å². The highest BCUT2D eigenvalue weighted by atomic mass is 79.9. The van der Waals surface area contributed by atoms with Gasteiger partial charge in [-0.25, -0.2) is 9.97 Å². The van der Waals surface area contributed by atoms with E-state index in [1.165, 1.54) is 11.1 Å². The molecule has 0 radical (unpaired) electrons. The molecular formula is C22H23BrN4OS. The topological polar surface area (TPSA) is 58.1 Å². The predicted molar refractivity (Wildman–Crippen MR) is 121 cm³/mol. The first-order chi connectivity index (χ1) is 14.1. The third-order valence-electron chi connectivity index (χ3n) is 5.17. The molecule has 1 aliphatic heterocycles. The Bertz CT molecular complexity index is 963. The Morgan fingerprint density at radius 2 is 1.97 bits per heavy atom. The molecule has 7 heteroatoms. The summed E-state index contributed by atoms with van der Waals surface area (Å²) < 4.78 is 0.899. The highest BCUT2D eigenvalue weighted by Crippen LogP contribution is 2.26. The van der Waals surface area contributed by atoms with Crippen LogP contribution in [0.3, 0.4) is 0 Å². The van der Waals surface area contributed by atoms with E-state index in [1.807, 2.05) is 12.1 Å². The SMILES string of the molecule is Cc1ccc(-c2nc(CN3CCC(C(=O)Nc4ccc(Br)cn4)CC3)cs2)cc1. The molecule has 0 unspecified atom stereocenters. The van der Waals surface area contributed by atoms with Crippen molar-refractivity contribution in [2.75, 3.05) is 18.4 Å². The van der Waals surface area contributed by atoms with Crippen molar-refractivity contribution >= 4 is 39.0 Å². The third-order valence-corrected chi connectivity index (χ3v) is 6.58. The van der Waals surface area contributed by atoms with Crippen molar-refractivity contribution in [3.05, 3.63) is 63.7 Å². The molecule has 1 saturated heterocycles. The molecule has 3 aromatic rings. The smallest absolute Gasteiger partial charge is 0.228 e. The molecule has 1 fully saturated rings. The maximum Gasteiger partial charge on any atom is 0.228 e. The Morgan fingerprint density at radius 3 is 2.66 bits per heavy atom. The number of carbonyl (C=O) groups is 1. The number of benzene rings is 1. The Balaban J connectivity index is 1.28. The van der Waals surface area contributed by atoms with E-state index in [9.17, 15) is 4.79 Å². The van der Waals surface area contributed by atoms with Crippen LogP contribution in [-0.2, 0) is 11.3 Å². The first kappa shape index (κ1) is 20.2. The molecule has 1 amide bonds. The molecule has 1 N–H and O–H groups in total. The summed E-state index contributed by atoms with van der Waals surface area (Å²) in [5, 5.41) is 6.14. The standard InChI is InChI=1S/C22H23BrN4OS/c1-15-2-4-17(5-3-15)22-25-19(14-29-22)13-27-10-8-16(9-11-27)21(28)26-20-7-6-18(23)12-24-20/h2-7,12,14,16H,8-11,13H2,1H3,(H,24,26,28). The number of nitrogens with zero attached hydrogens (tertiary/aromatic N) is 3. The number of anilines is 1. The molecule has 2 aromatic heterocycles. The minimum atomic E-state index is 0.0373. The van der Waals surface area contributed by atoms with Crippen molar-refractivity contribution in [1.82, 2.24) is 14.9 Å². The Morgan fingerprint density at radius 1 is 1.21 bits per heavy atom. The number of hydrogen-bond acceptors (Lipinski definition) is 5. The van der Waals surface area contributed by atoms with Gasteiger partial charge in [-0.3, -0.25) is 9.69 Å². The lowest BCUT2D eigenvalue weighted by molar-refractivity contribution is -0.121. The quantitative estimate of drug-likeness (QED) is 0.561. The molecule has 150 valence electrons. The lowest BCUT2D eigenvalue weighted by atomic mass is 9.96. The lowest BCUT2D eigenvalue weighted by Gasteiger charge is -2.30. The van der Waals surface area contributed by atoms with E-state index in [1.54, 1.807) is 17.5 Å². The van der Waals surface area contributed by atoms with Crippen LogP contribution in [0, 0.1) is 12.8 Å². The first-order valence-electron chi connectivity index (χ1n) is 9.73. The van der Waals surface area contributed by atoms with Gasteiger partial charge in [0.15, 0.2) is 0 Å². The number of piperidine rings is 1. The van der Waals surface area contributed by atoms with E-state index in [-0.39, 0.29) is 11.8 Å². The largest absolute Gasteiger partial charge is 0.310 e. The van der Waals surface area contributed by atoms with Crippen molar-refractivity contribution in [3.8, 4) is 10.6 Å². The van der Waals surface area contributed by atoms with E-state index in [0.29, 0.717) is 5.82 Å². The van der Waals surface area contributed by atoms with Gasteiger partial charge in [-0.15, -0.1) is 11.3 Å². The number of rotatable bonds is 5. The second-order valence-electron chi connectivity index (χ2n) is 7.41. The van der Waals surface area contributed by atoms with Gasteiger partial charge < -0.3 is 5.32 Å². The summed E-state index contributed by atoms with van der Waals surface area (Å²) in [5.41, 5.74) is 3.53. The van der Waals surface area contributed by atoms with E-state index in [0.717, 1.165) is 47.7 Å². The van der Waals surface area contributed by atoms with Crippen molar-refractivity contribution in [3.63, 3.8) is 0 Å². The molecule has 29 heavy (non-hydrogen) atoms. The molecule has 4 rings (SSSR count). The van der Waals surface area contributed by atoms with Gasteiger partial charge in [0.05, 0.1) is 5.69 Å². The number of aryl methyl sites for hydroxylation is 1. The average Bonchev–Trinajstić information content (AvgIpc) is 3.19. The highest BCUT2D eigenvalue weighted by Gasteiger charge is 2.25. The van der Waals surface area contributed by atoms with Crippen LogP contribution in [0.15, 0.2) is 52.4 Å². The zero-order chi connectivity index (χ0) is 20.2. The van der Waals surface area contributed by atoms with Gasteiger partial charge in [0.25, 0.3) is 0 Å². The Hall–Kier alpha value is -2.09. The molecular weight excluding hydrogens is 448 g/mol. The summed E-state index contributed by atoms with van der Waals surface area (Å²) in [6.45, 7) is 4.74. The molecule has 0 aliphatic carbocycles. The second kappa shape index (κ2) is 9.15. The fourth-order valence-electron chi connectivity index (χ4n) is 3.47. The molecule has 5 nitrogen and oxygen atoms in total. The van der Waals surface area contributed by atoms with Crippen molar-refractivity contribution in [2.45, 2.75) is 26.3 Å². The maximum atomic E-state index is 12.5. The summed E-state index contributed by atoms with van der Waals surface area (Å²) in [5.74, 6) is 0.705. The van der Waals surface area contributed by atoms with Crippen molar-refractivity contribution in [1.29, 1.82) is 0 Å². The van der Waals surface area contributed by atoms with Crippen LogP contribution < -0.4 is 5.32 Å². The van der Waals surface area contributed by atoms with Crippen LogP contribution in [0.25, 0.3) is 10.6 Å². The maximum absolute atomic E-state index is 12.5. The minimum Gasteiger partial charge on any atom is -0.310 e. The molecule has 3 heterocycles. The molecule has 0 spiro atoms. The number of likely N-dealkylation sites (tertiary alicyclic amines) is 1. The van der Waals surface area contributed by atoms with Gasteiger partial charge >= 0.3 is 0 Å². The normalized spacial score (nSPS) is 15.4. The van der Waals surface area contributed by atoms with E-state index in [2.05, 4.69) is 67.7 Å². The number of thiazole rings is 1. The van der Waals surface area contributed by atoms with Gasteiger partial charge in [0.2, 0.25) is 5.91 Å². The predicted octanol–water partition coefficient (Wildman–Crippen LogP) is 5.13. The van der Waals surface area contributed by atoms with Crippen LogP contribution in [0.2, 0.25) is 0 Å². The van der Waals surface area contributed by atoms with Crippen LogP contribution in [0.5, 0.6) is 0 Å². The fraction of sp³-hybridized carbons (Fsp3) is 0.318. The molecule has 1 aliphatic rings. The Labute approximate surface area is 183 Å². The van der Waals surface area contributed by atoms with E-state index in [4.69, 9.17) is 4.98 Å². The van der Waals surface area contributed by atoms with Gasteiger partial charge in [0, 0.05) is 34.1 Å². The Kier molecular flexibility index (Phi) is 6.37. The summed E-state index contributed by atoms with van der Waals surface area (Å²) in [6, 6.07) is 12.2. The number of carbonyl (C=O) groups excluding carboxylic acids is 1. The van der Waals surface area contributed by atoms with Gasteiger partial charge in [0.1, 0.15) is 10.8 Å². The molecule has 1 aromatic carbocycles. The van der Waals surface area contributed by atoms with Crippen molar-refractivity contribution in [2.24, 2.45) is 5.92 Å². The monoisotopic (exact) mass is 470 g/mol. The average molecular weight is 471 g/mol. The van der Waals surface area contributed by atoms with Gasteiger partial charge in [-0.05, 0) is 60.9 Å². The summed E-state index contributed by atoms with van der Waals surface area (Å²) in [6.07, 6.45) is 3.41. The summed E-state index contributed by atoms with van der Waals surface area (Å²) in [7, 11) is 0. The zero-order valence-corrected chi connectivity index (χ0v) is 18.7. The number of amides is 1. The molecule has 0 bridgehead atoms. The van der Waals surface area contributed by atoms with Gasteiger partial charge in [-0.2, -0.15) is 0 Å². The van der Waals surface area contributed by atoms with Crippen LogP contribution in [-0.4, -0.2) is 33.9 Å².